The van der Waals surface area contributed by atoms with Gasteiger partial charge in [-0.3, -0.25) is 4.79 Å². The predicted octanol–water partition coefficient (Wildman–Crippen LogP) is 2.44. The number of hydrogen-bond donors (Lipinski definition) is 2. The van der Waals surface area contributed by atoms with Crippen LogP contribution in [0.4, 0.5) is 4.39 Å². The van der Waals surface area contributed by atoms with Gasteiger partial charge >= 0.3 is 5.97 Å². The van der Waals surface area contributed by atoms with E-state index in [1.54, 1.807) is 16.8 Å². The number of carboxylic acids is 1. The Morgan fingerprint density at radius 1 is 1.26 bits per heavy atom. The van der Waals surface area contributed by atoms with Crippen LogP contribution in [0.25, 0.3) is 0 Å². The molecule has 6 heteroatoms. The molecule has 0 saturated carbocycles. The number of aliphatic carboxylic acids is 1. The lowest BCUT2D eigenvalue weighted by atomic mass is 10.1. The third-order valence-corrected chi connectivity index (χ3v) is 3.21. The summed E-state index contributed by atoms with van der Waals surface area (Å²) in [7, 11) is 0. The van der Waals surface area contributed by atoms with E-state index in [0.29, 0.717) is 5.56 Å². The Balaban J connectivity index is 2.25. The van der Waals surface area contributed by atoms with Gasteiger partial charge in [0.1, 0.15) is 5.82 Å². The van der Waals surface area contributed by atoms with Gasteiger partial charge in [0.2, 0.25) is 0 Å². The summed E-state index contributed by atoms with van der Waals surface area (Å²) in [5.74, 6) is -2.52. The molecule has 0 spiro atoms. The van der Waals surface area contributed by atoms with Crippen LogP contribution in [0.1, 0.15) is 22.0 Å². The first-order chi connectivity index (χ1) is 9.09. The lowest BCUT2D eigenvalue weighted by molar-refractivity contribution is -0.139. The van der Waals surface area contributed by atoms with Crippen LogP contribution in [0.15, 0.2) is 41.1 Å². The maximum Gasteiger partial charge on any atom is 0.331 e. The first-order valence-electron chi connectivity index (χ1n) is 5.40. The van der Waals surface area contributed by atoms with Crippen LogP contribution in [0.3, 0.4) is 0 Å². The summed E-state index contributed by atoms with van der Waals surface area (Å²) in [6.45, 7) is 0. The number of thiophene rings is 1. The molecular weight excluding hydrogens is 269 g/mol. The predicted molar refractivity (Wildman–Crippen MR) is 68.6 cm³/mol. The van der Waals surface area contributed by atoms with Crippen molar-refractivity contribution in [2.24, 2.45) is 0 Å². The normalized spacial score (nSPS) is 11.8. The Labute approximate surface area is 112 Å². The highest BCUT2D eigenvalue weighted by molar-refractivity contribution is 7.08. The lowest BCUT2D eigenvalue weighted by Gasteiger charge is -2.15. The summed E-state index contributed by atoms with van der Waals surface area (Å²) in [5.41, 5.74) is 0.283. The van der Waals surface area contributed by atoms with E-state index >= 15 is 0 Å². The Bertz CT molecular complexity index is 598. The molecule has 0 aliphatic heterocycles. The minimum Gasteiger partial charge on any atom is -0.479 e. The average molecular weight is 279 g/mol. The molecule has 0 radical (unpaired) electrons. The molecule has 0 aliphatic carbocycles. The standard InChI is InChI=1S/C13H10FNO3S/c14-10-4-2-1-3-9(10)11(13(17)18)15-12(16)8-5-6-19-7-8/h1-7,11H,(H,15,16)(H,17,18). The number of carboxylic acid groups (broad SMARTS) is 1. The summed E-state index contributed by atoms with van der Waals surface area (Å²) in [6.07, 6.45) is 0. The summed E-state index contributed by atoms with van der Waals surface area (Å²) < 4.78 is 13.6. The van der Waals surface area contributed by atoms with Crippen LogP contribution in [-0.4, -0.2) is 17.0 Å². The van der Waals surface area contributed by atoms with Gasteiger partial charge < -0.3 is 10.4 Å². The first-order valence-corrected chi connectivity index (χ1v) is 6.34. The minimum absolute atomic E-state index is 0.0708. The molecule has 0 aliphatic rings. The third-order valence-electron chi connectivity index (χ3n) is 2.52. The van der Waals surface area contributed by atoms with Crippen molar-refractivity contribution in [3.8, 4) is 0 Å². The minimum atomic E-state index is -1.41. The van der Waals surface area contributed by atoms with Gasteiger partial charge in [0.25, 0.3) is 5.91 Å². The summed E-state index contributed by atoms with van der Waals surface area (Å²) >= 11 is 1.32. The second kappa shape index (κ2) is 5.62. The fourth-order valence-corrected chi connectivity index (χ4v) is 2.23. The van der Waals surface area contributed by atoms with E-state index in [1.165, 1.54) is 29.5 Å². The molecule has 19 heavy (non-hydrogen) atoms. The van der Waals surface area contributed by atoms with Gasteiger partial charge in [-0.2, -0.15) is 11.3 Å². The van der Waals surface area contributed by atoms with E-state index in [-0.39, 0.29) is 5.56 Å². The molecule has 2 rings (SSSR count). The summed E-state index contributed by atoms with van der Waals surface area (Å²) in [4.78, 5) is 23.0. The molecule has 1 unspecified atom stereocenters. The van der Waals surface area contributed by atoms with Crippen LogP contribution in [0.5, 0.6) is 0 Å². The number of hydrogen-bond acceptors (Lipinski definition) is 3. The lowest BCUT2D eigenvalue weighted by Crippen LogP contribution is -2.34. The monoisotopic (exact) mass is 279 g/mol. The molecule has 4 nitrogen and oxygen atoms in total. The van der Waals surface area contributed by atoms with Crippen molar-refractivity contribution in [1.82, 2.24) is 5.32 Å². The summed E-state index contributed by atoms with van der Waals surface area (Å²) in [5, 5.41) is 14.7. The van der Waals surface area contributed by atoms with Crippen molar-refractivity contribution < 1.29 is 19.1 Å². The molecule has 1 heterocycles. The zero-order chi connectivity index (χ0) is 13.8. The zero-order valence-corrected chi connectivity index (χ0v) is 10.5. The number of rotatable bonds is 4. The van der Waals surface area contributed by atoms with Crippen molar-refractivity contribution >= 4 is 23.2 Å². The molecule has 2 aromatic rings. The van der Waals surface area contributed by atoms with Crippen molar-refractivity contribution in [1.29, 1.82) is 0 Å². The van der Waals surface area contributed by atoms with E-state index in [0.717, 1.165) is 6.07 Å². The molecule has 0 saturated heterocycles. The SMILES string of the molecule is O=C(NC(C(=O)O)c1ccccc1F)c1ccsc1. The van der Waals surface area contributed by atoms with Crippen LogP contribution in [0.2, 0.25) is 0 Å². The van der Waals surface area contributed by atoms with Crippen molar-refractivity contribution in [3.05, 3.63) is 58.0 Å². The van der Waals surface area contributed by atoms with E-state index < -0.39 is 23.7 Å². The number of halogens is 1. The van der Waals surface area contributed by atoms with Crippen LogP contribution in [-0.2, 0) is 4.79 Å². The van der Waals surface area contributed by atoms with Gasteiger partial charge in [0.15, 0.2) is 6.04 Å². The Morgan fingerprint density at radius 3 is 2.58 bits per heavy atom. The van der Waals surface area contributed by atoms with Gasteiger partial charge in [-0.05, 0) is 17.5 Å². The highest BCUT2D eigenvalue weighted by Gasteiger charge is 2.25. The van der Waals surface area contributed by atoms with Gasteiger partial charge in [0, 0.05) is 10.9 Å². The number of amides is 1. The molecule has 1 aromatic heterocycles. The van der Waals surface area contributed by atoms with Crippen LogP contribution >= 0.6 is 11.3 Å². The second-order valence-electron chi connectivity index (χ2n) is 3.78. The largest absolute Gasteiger partial charge is 0.479 e. The van der Waals surface area contributed by atoms with E-state index in [2.05, 4.69) is 5.32 Å². The van der Waals surface area contributed by atoms with Crippen LogP contribution < -0.4 is 5.32 Å². The van der Waals surface area contributed by atoms with E-state index in [9.17, 15) is 14.0 Å². The maximum absolute atomic E-state index is 13.6. The molecule has 1 aromatic carbocycles. The molecule has 1 atom stereocenters. The fraction of sp³-hybridized carbons (Fsp3) is 0.0769. The number of benzene rings is 1. The Hall–Kier alpha value is -2.21. The Morgan fingerprint density at radius 2 is 2.00 bits per heavy atom. The zero-order valence-electron chi connectivity index (χ0n) is 9.67. The number of nitrogens with one attached hydrogen (secondary N) is 1. The quantitative estimate of drug-likeness (QED) is 0.903. The Kier molecular flexibility index (Phi) is 3.91. The van der Waals surface area contributed by atoms with Crippen molar-refractivity contribution in [3.63, 3.8) is 0 Å². The molecular formula is C13H10FNO3S. The maximum atomic E-state index is 13.6. The number of carbonyl (C=O) groups is 2. The smallest absolute Gasteiger partial charge is 0.331 e. The average Bonchev–Trinajstić information content (AvgIpc) is 2.90. The highest BCUT2D eigenvalue weighted by Crippen LogP contribution is 2.18. The van der Waals surface area contributed by atoms with Gasteiger partial charge in [-0.25, -0.2) is 9.18 Å². The first kappa shape index (κ1) is 13.2. The van der Waals surface area contributed by atoms with E-state index in [1.807, 2.05) is 0 Å². The molecule has 2 N–H and O–H groups in total. The summed E-state index contributed by atoms with van der Waals surface area (Å²) in [6, 6.07) is 5.63. The third kappa shape index (κ3) is 2.97. The van der Waals surface area contributed by atoms with Gasteiger partial charge in [-0.1, -0.05) is 18.2 Å². The van der Waals surface area contributed by atoms with Crippen molar-refractivity contribution in [2.75, 3.05) is 0 Å². The highest BCUT2D eigenvalue weighted by atomic mass is 32.1. The molecule has 1 amide bonds. The van der Waals surface area contributed by atoms with E-state index in [4.69, 9.17) is 5.11 Å². The number of carbonyl (C=O) groups excluding carboxylic acids is 1. The van der Waals surface area contributed by atoms with Crippen LogP contribution in [0, 0.1) is 5.82 Å². The fourth-order valence-electron chi connectivity index (χ4n) is 1.59. The topological polar surface area (TPSA) is 66.4 Å². The molecule has 98 valence electrons. The second-order valence-corrected chi connectivity index (χ2v) is 4.56. The molecule has 0 fully saturated rings. The van der Waals surface area contributed by atoms with Gasteiger partial charge in [-0.15, -0.1) is 0 Å². The molecule has 0 bridgehead atoms. The van der Waals surface area contributed by atoms with Gasteiger partial charge in [0.05, 0.1) is 5.56 Å². The van der Waals surface area contributed by atoms with Crippen molar-refractivity contribution in [2.45, 2.75) is 6.04 Å².